The molecule has 1 aliphatic rings. The van der Waals surface area contributed by atoms with Crippen LogP contribution in [0.4, 0.5) is 4.79 Å². The van der Waals surface area contributed by atoms with E-state index in [4.69, 9.17) is 9.84 Å². The van der Waals surface area contributed by atoms with Gasteiger partial charge in [-0.15, -0.1) is 0 Å². The first kappa shape index (κ1) is 17.2. The first-order valence-electron chi connectivity index (χ1n) is 7.20. The molecule has 0 bridgehead atoms. The zero-order valence-electron chi connectivity index (χ0n) is 13.0. The first-order chi connectivity index (χ1) is 10.1. The fourth-order valence-corrected chi connectivity index (χ4v) is 2.92. The lowest BCUT2D eigenvalue weighted by atomic mass is 9.99. The summed E-state index contributed by atoms with van der Waals surface area (Å²) in [5, 5.41) is 24.2. The summed E-state index contributed by atoms with van der Waals surface area (Å²) in [6, 6.07) is 1.72. The van der Waals surface area contributed by atoms with E-state index in [1.54, 1.807) is 31.5 Å². The molecule has 0 aliphatic carbocycles. The lowest BCUT2D eigenvalue weighted by Crippen LogP contribution is -2.39. The number of ether oxygens (including phenoxy) is 1. The van der Waals surface area contributed by atoms with Crippen molar-refractivity contribution in [3.8, 4) is 0 Å². The highest BCUT2D eigenvalue weighted by molar-refractivity contribution is 9.10. The number of nitrogens with zero attached hydrogens (tertiary/aromatic N) is 3. The van der Waals surface area contributed by atoms with E-state index in [9.17, 15) is 9.90 Å². The minimum Gasteiger partial charge on any atom is -0.444 e. The standard InChI is InChI=1S/C14H22BrN3O4/c1-13(2,3)22-12(20)17-5-4-14(21,9-17)10-8-11(15)16-18(10)6-7-19/h8,19,21H,4-7,9H2,1-3H3. The third-order valence-corrected chi connectivity index (χ3v) is 3.83. The minimum atomic E-state index is -1.19. The predicted molar refractivity (Wildman–Crippen MR) is 83.3 cm³/mol. The van der Waals surface area contributed by atoms with Gasteiger partial charge in [-0.25, -0.2) is 4.79 Å². The number of aliphatic hydroxyl groups excluding tert-OH is 1. The predicted octanol–water partition coefficient (Wildman–Crippen LogP) is 1.47. The minimum absolute atomic E-state index is 0.0764. The van der Waals surface area contributed by atoms with Gasteiger partial charge in [0.15, 0.2) is 0 Å². The number of hydrogen-bond acceptors (Lipinski definition) is 5. The maximum absolute atomic E-state index is 12.1. The number of aliphatic hydroxyl groups is 2. The molecule has 2 heterocycles. The number of carbonyl (C=O) groups is 1. The van der Waals surface area contributed by atoms with Crippen LogP contribution < -0.4 is 0 Å². The second-order valence-corrected chi connectivity index (χ2v) is 7.30. The molecule has 8 heteroatoms. The van der Waals surface area contributed by atoms with Crippen molar-refractivity contribution in [1.29, 1.82) is 0 Å². The first-order valence-corrected chi connectivity index (χ1v) is 7.99. The zero-order valence-corrected chi connectivity index (χ0v) is 14.6. The van der Waals surface area contributed by atoms with Crippen molar-refractivity contribution in [2.45, 2.75) is 44.9 Å². The zero-order chi connectivity index (χ0) is 16.5. The Bertz CT molecular complexity index is 555. The molecule has 0 radical (unpaired) electrons. The number of aromatic nitrogens is 2. The van der Waals surface area contributed by atoms with Crippen LogP contribution in [-0.2, 0) is 16.9 Å². The van der Waals surface area contributed by atoms with Crippen LogP contribution in [0.25, 0.3) is 0 Å². The Morgan fingerprint density at radius 2 is 2.23 bits per heavy atom. The highest BCUT2D eigenvalue weighted by Crippen LogP contribution is 2.34. The summed E-state index contributed by atoms with van der Waals surface area (Å²) >= 11 is 3.28. The number of halogens is 1. The molecule has 1 aromatic heterocycles. The molecule has 124 valence electrons. The van der Waals surface area contributed by atoms with Crippen LogP contribution in [0.5, 0.6) is 0 Å². The van der Waals surface area contributed by atoms with Gasteiger partial charge >= 0.3 is 6.09 Å². The second kappa shape index (κ2) is 6.17. The molecule has 1 fully saturated rings. The number of carbonyl (C=O) groups excluding carboxylic acids is 1. The molecular formula is C14H22BrN3O4. The molecule has 1 atom stereocenters. The largest absolute Gasteiger partial charge is 0.444 e. The fourth-order valence-electron chi connectivity index (χ4n) is 2.51. The Morgan fingerprint density at radius 3 is 2.82 bits per heavy atom. The number of β-amino-alcohol motifs (C(OH)–C–C–N with tert-alkyl or cyclic N) is 1. The van der Waals surface area contributed by atoms with Crippen molar-refractivity contribution < 1.29 is 19.7 Å². The Labute approximate surface area is 138 Å². The molecule has 1 aromatic rings. The van der Waals surface area contributed by atoms with E-state index >= 15 is 0 Å². The molecule has 1 aliphatic heterocycles. The van der Waals surface area contributed by atoms with Gasteiger partial charge in [-0.3, -0.25) is 4.68 Å². The van der Waals surface area contributed by atoms with E-state index < -0.39 is 17.3 Å². The molecule has 0 spiro atoms. The van der Waals surface area contributed by atoms with Gasteiger partial charge in [-0.1, -0.05) is 0 Å². The molecule has 0 saturated carbocycles. The molecule has 22 heavy (non-hydrogen) atoms. The van der Waals surface area contributed by atoms with Gasteiger partial charge < -0.3 is 19.8 Å². The monoisotopic (exact) mass is 375 g/mol. The van der Waals surface area contributed by atoms with Crippen molar-refractivity contribution >= 4 is 22.0 Å². The van der Waals surface area contributed by atoms with Crippen LogP contribution in [0, 0.1) is 0 Å². The van der Waals surface area contributed by atoms with Crippen LogP contribution in [0.1, 0.15) is 32.9 Å². The Balaban J connectivity index is 2.15. The molecule has 1 amide bonds. The van der Waals surface area contributed by atoms with Crippen molar-refractivity contribution in [3.05, 3.63) is 16.4 Å². The smallest absolute Gasteiger partial charge is 0.410 e. The van der Waals surface area contributed by atoms with Gasteiger partial charge in [0.2, 0.25) is 0 Å². The number of hydrogen-bond donors (Lipinski definition) is 2. The third-order valence-electron chi connectivity index (χ3n) is 3.44. The average molecular weight is 376 g/mol. The van der Waals surface area contributed by atoms with Gasteiger partial charge in [0.05, 0.1) is 25.4 Å². The maximum atomic E-state index is 12.1. The van der Waals surface area contributed by atoms with Crippen LogP contribution in [0.3, 0.4) is 0 Å². The quantitative estimate of drug-likeness (QED) is 0.834. The Kier molecular flexibility index (Phi) is 4.84. The van der Waals surface area contributed by atoms with Crippen LogP contribution in [-0.4, -0.2) is 56.3 Å². The van der Waals surface area contributed by atoms with Crippen LogP contribution >= 0.6 is 15.9 Å². The van der Waals surface area contributed by atoms with E-state index in [-0.39, 0.29) is 19.7 Å². The summed E-state index contributed by atoms with van der Waals surface area (Å²) in [4.78, 5) is 13.6. The van der Waals surface area contributed by atoms with E-state index in [1.807, 2.05) is 0 Å². The van der Waals surface area contributed by atoms with E-state index in [0.29, 0.717) is 23.3 Å². The number of rotatable bonds is 3. The van der Waals surface area contributed by atoms with Crippen molar-refractivity contribution in [2.75, 3.05) is 19.7 Å². The summed E-state index contributed by atoms with van der Waals surface area (Å²) in [5.41, 5.74) is -1.18. The lowest BCUT2D eigenvalue weighted by Gasteiger charge is -2.26. The van der Waals surface area contributed by atoms with Gasteiger partial charge in [0, 0.05) is 13.0 Å². The number of amides is 1. The van der Waals surface area contributed by atoms with E-state index in [2.05, 4.69) is 21.0 Å². The van der Waals surface area contributed by atoms with Crippen molar-refractivity contribution in [2.24, 2.45) is 0 Å². The van der Waals surface area contributed by atoms with E-state index in [0.717, 1.165) is 0 Å². The Morgan fingerprint density at radius 1 is 1.55 bits per heavy atom. The van der Waals surface area contributed by atoms with Crippen molar-refractivity contribution in [1.82, 2.24) is 14.7 Å². The molecular weight excluding hydrogens is 354 g/mol. The molecule has 7 nitrogen and oxygen atoms in total. The topological polar surface area (TPSA) is 87.8 Å². The normalized spacial score (nSPS) is 22.2. The molecule has 1 unspecified atom stereocenters. The summed E-state index contributed by atoms with van der Waals surface area (Å²) in [6.07, 6.45) is -0.0359. The molecule has 2 rings (SSSR count). The lowest BCUT2D eigenvalue weighted by molar-refractivity contribution is 0.0107. The van der Waals surface area contributed by atoms with Gasteiger partial charge in [0.1, 0.15) is 15.8 Å². The molecule has 2 N–H and O–H groups in total. The van der Waals surface area contributed by atoms with Crippen molar-refractivity contribution in [3.63, 3.8) is 0 Å². The second-order valence-electron chi connectivity index (χ2n) is 6.48. The van der Waals surface area contributed by atoms with Crippen LogP contribution in [0.15, 0.2) is 10.7 Å². The average Bonchev–Trinajstić information content (AvgIpc) is 2.93. The number of likely N-dealkylation sites (tertiary alicyclic amines) is 1. The summed E-state index contributed by atoms with van der Waals surface area (Å²) in [7, 11) is 0. The van der Waals surface area contributed by atoms with Crippen LogP contribution in [0.2, 0.25) is 0 Å². The summed E-state index contributed by atoms with van der Waals surface area (Å²) in [6.45, 7) is 6.18. The third kappa shape index (κ3) is 3.80. The van der Waals surface area contributed by atoms with E-state index in [1.165, 1.54) is 4.90 Å². The van der Waals surface area contributed by atoms with Gasteiger partial charge in [-0.2, -0.15) is 5.10 Å². The van der Waals surface area contributed by atoms with Gasteiger partial charge in [-0.05, 0) is 42.8 Å². The highest BCUT2D eigenvalue weighted by atomic mass is 79.9. The maximum Gasteiger partial charge on any atom is 0.410 e. The summed E-state index contributed by atoms with van der Waals surface area (Å²) in [5.74, 6) is 0. The summed E-state index contributed by atoms with van der Waals surface area (Å²) < 4.78 is 7.48. The fraction of sp³-hybridized carbons (Fsp3) is 0.714. The molecule has 1 saturated heterocycles. The Hall–Kier alpha value is -1.12. The highest BCUT2D eigenvalue weighted by Gasteiger charge is 2.43. The van der Waals surface area contributed by atoms with Gasteiger partial charge in [0.25, 0.3) is 0 Å². The molecule has 0 aromatic carbocycles. The SMILES string of the molecule is CC(C)(C)OC(=O)N1CCC(O)(c2cc(Br)nn2CCO)C1.